The Balaban J connectivity index is 1.21. The smallest absolute Gasteiger partial charge is 0.258 e. The summed E-state index contributed by atoms with van der Waals surface area (Å²) in [7, 11) is 0. The number of nitrogens with zero attached hydrogens (tertiary/aromatic N) is 2. The van der Waals surface area contributed by atoms with E-state index in [-0.39, 0.29) is 25.8 Å². The van der Waals surface area contributed by atoms with E-state index in [9.17, 15) is 14.7 Å². The van der Waals surface area contributed by atoms with Gasteiger partial charge in [-0.3, -0.25) is 14.4 Å². The maximum atomic E-state index is 15.5. The third-order valence-electron chi connectivity index (χ3n) is 10.9. The van der Waals surface area contributed by atoms with Crippen LogP contribution in [-0.2, 0) is 19.1 Å². The molecule has 0 spiro atoms. The minimum Gasteiger partial charge on any atom is -0.391 e. The topological polar surface area (TPSA) is 112 Å². The maximum absolute atomic E-state index is 15.5. The number of aromatic nitrogens is 1. The lowest BCUT2D eigenvalue weighted by molar-refractivity contribution is -0.143. The Hall–Kier alpha value is -4.84. The van der Waals surface area contributed by atoms with Crippen molar-refractivity contribution in [2.45, 2.75) is 86.3 Å². The Labute approximate surface area is 336 Å². The molecule has 2 heterocycles. The molecule has 1 saturated heterocycles. The zero-order chi connectivity index (χ0) is 39.7. The number of aliphatic hydroxyl groups excluding tert-OH is 1. The van der Waals surface area contributed by atoms with Crippen LogP contribution in [0.4, 0.5) is 4.39 Å². The first-order chi connectivity index (χ1) is 26.8. The van der Waals surface area contributed by atoms with Crippen LogP contribution in [0.25, 0.3) is 10.4 Å². The van der Waals surface area contributed by atoms with Crippen LogP contribution in [0.1, 0.15) is 74.0 Å². The normalized spacial score (nSPS) is 18.9. The molecule has 1 aliphatic heterocycles. The average Bonchev–Trinajstić information content (AvgIpc) is 3.62. The number of amides is 3. The summed E-state index contributed by atoms with van der Waals surface area (Å²) in [6.07, 6.45) is -0.791. The van der Waals surface area contributed by atoms with Crippen molar-refractivity contribution in [2.24, 2.45) is 0 Å². The first-order valence-corrected chi connectivity index (χ1v) is 20.7. The van der Waals surface area contributed by atoms with Gasteiger partial charge in [-0.05, 0) is 68.4 Å². The molecule has 3 amide bonds. The van der Waals surface area contributed by atoms with Gasteiger partial charge in [0.1, 0.15) is 12.1 Å². The molecule has 0 unspecified atom stereocenters. The van der Waals surface area contributed by atoms with Crippen LogP contribution in [0.15, 0.2) is 121 Å². The first kappa shape index (κ1) is 39.4. The number of hydrogen-bond acceptors (Lipinski definition) is 7. The molecule has 0 radical (unpaired) electrons. The van der Waals surface area contributed by atoms with Crippen molar-refractivity contribution in [1.29, 1.82) is 0 Å². The molecule has 3 N–H and O–H groups in total. The standard InChI is InChI=1S/C45H47FN4O4S2/c1-29(31-20-22-32(23-21-31)38-30(2)47-28-55-38)48-40(52)37-26-36(51)27-50(37)41(53)39(49-42(54)44(46)24-25-44)43(3,4)56-45(33-14-8-5-9-15-33,34-16-10-6-11-17-34)35-18-12-7-13-19-35/h5-23,28-29,36-37,39,51H,24-27H2,1-4H3,(H,48,52)(H,49,54)/t29-,36+,37-,39+/m0/s1. The Morgan fingerprint density at radius 1 is 0.875 bits per heavy atom. The van der Waals surface area contributed by atoms with Gasteiger partial charge in [0.2, 0.25) is 11.8 Å². The van der Waals surface area contributed by atoms with E-state index in [1.54, 1.807) is 11.3 Å². The summed E-state index contributed by atoms with van der Waals surface area (Å²) in [6.45, 7) is 7.49. The number of β-amino-alcohol motifs (C(OH)–C–C–N with tert-alkyl or cyclic N) is 1. The Bertz CT molecular complexity index is 2060. The summed E-state index contributed by atoms with van der Waals surface area (Å²) >= 11 is 3.06. The van der Waals surface area contributed by atoms with Crippen LogP contribution >= 0.6 is 23.1 Å². The van der Waals surface area contributed by atoms with E-state index < -0.39 is 57.1 Å². The van der Waals surface area contributed by atoms with Crippen LogP contribution in [0.2, 0.25) is 0 Å². The van der Waals surface area contributed by atoms with Crippen LogP contribution in [0, 0.1) is 6.92 Å². The molecule has 4 aromatic carbocycles. The van der Waals surface area contributed by atoms with E-state index in [2.05, 4.69) is 15.6 Å². The van der Waals surface area contributed by atoms with Gasteiger partial charge in [-0.1, -0.05) is 115 Å². The second-order valence-corrected chi connectivity index (χ2v) is 18.1. The minimum absolute atomic E-state index is 0.0250. The molecule has 56 heavy (non-hydrogen) atoms. The van der Waals surface area contributed by atoms with E-state index >= 15 is 9.18 Å². The molecule has 5 aromatic rings. The first-order valence-electron chi connectivity index (χ1n) is 19.0. The maximum Gasteiger partial charge on any atom is 0.258 e. The zero-order valence-electron chi connectivity index (χ0n) is 31.9. The number of alkyl halides is 1. The number of halogens is 1. The van der Waals surface area contributed by atoms with E-state index in [4.69, 9.17) is 0 Å². The molecule has 0 bridgehead atoms. The largest absolute Gasteiger partial charge is 0.391 e. The predicted octanol–water partition coefficient (Wildman–Crippen LogP) is 7.75. The van der Waals surface area contributed by atoms with Crippen molar-refractivity contribution in [1.82, 2.24) is 20.5 Å². The third-order valence-corrected chi connectivity index (χ3v) is 13.7. The third kappa shape index (κ3) is 7.90. The molecule has 1 saturated carbocycles. The van der Waals surface area contributed by atoms with Gasteiger partial charge in [-0.25, -0.2) is 9.37 Å². The summed E-state index contributed by atoms with van der Waals surface area (Å²) in [5.41, 5.74) is 5.48. The molecule has 290 valence electrons. The molecule has 1 aliphatic carbocycles. The number of likely N-dealkylation sites (tertiary alicyclic amines) is 1. The number of thioether (sulfide) groups is 1. The second-order valence-electron chi connectivity index (χ2n) is 15.4. The zero-order valence-corrected chi connectivity index (χ0v) is 33.6. The molecular weight excluding hydrogens is 744 g/mol. The number of carbonyl (C=O) groups is 3. The summed E-state index contributed by atoms with van der Waals surface area (Å²) in [5.74, 6) is -1.82. The highest BCUT2D eigenvalue weighted by atomic mass is 32.2. The number of thiazole rings is 1. The van der Waals surface area contributed by atoms with E-state index in [1.165, 1.54) is 16.7 Å². The Morgan fingerprint density at radius 2 is 1.41 bits per heavy atom. The van der Waals surface area contributed by atoms with Gasteiger partial charge in [-0.2, -0.15) is 0 Å². The highest BCUT2D eigenvalue weighted by molar-refractivity contribution is 8.02. The molecule has 2 aliphatic rings. The van der Waals surface area contributed by atoms with Crippen molar-refractivity contribution in [2.75, 3.05) is 6.54 Å². The fourth-order valence-electron chi connectivity index (χ4n) is 7.65. The van der Waals surface area contributed by atoms with Gasteiger partial charge < -0.3 is 20.6 Å². The van der Waals surface area contributed by atoms with Crippen molar-refractivity contribution in [3.8, 4) is 10.4 Å². The lowest BCUT2D eigenvalue weighted by Crippen LogP contribution is -2.61. The summed E-state index contributed by atoms with van der Waals surface area (Å²) in [5, 5.41) is 16.9. The molecule has 11 heteroatoms. The van der Waals surface area contributed by atoms with Crippen LogP contribution in [0.5, 0.6) is 0 Å². The summed E-state index contributed by atoms with van der Waals surface area (Å²) < 4.78 is 13.5. The van der Waals surface area contributed by atoms with Crippen LogP contribution < -0.4 is 10.6 Å². The highest BCUT2D eigenvalue weighted by Gasteiger charge is 2.55. The van der Waals surface area contributed by atoms with Crippen LogP contribution in [0.3, 0.4) is 0 Å². The Kier molecular flexibility index (Phi) is 11.2. The number of rotatable bonds is 13. The second kappa shape index (κ2) is 16.0. The van der Waals surface area contributed by atoms with Gasteiger partial charge >= 0.3 is 0 Å². The van der Waals surface area contributed by atoms with Crippen molar-refractivity contribution in [3.05, 3.63) is 149 Å². The number of carbonyl (C=O) groups excluding carboxylic acids is 3. The van der Waals surface area contributed by atoms with Gasteiger partial charge in [0.05, 0.1) is 33.0 Å². The van der Waals surface area contributed by atoms with Crippen molar-refractivity contribution in [3.63, 3.8) is 0 Å². The fraction of sp³-hybridized carbons (Fsp3) is 0.333. The van der Waals surface area contributed by atoms with Crippen molar-refractivity contribution >= 4 is 40.8 Å². The van der Waals surface area contributed by atoms with E-state index in [0.29, 0.717) is 0 Å². The summed E-state index contributed by atoms with van der Waals surface area (Å²) in [4.78, 5) is 49.5. The quantitative estimate of drug-likeness (QED) is 0.105. The van der Waals surface area contributed by atoms with Gasteiger partial charge in [0.25, 0.3) is 5.91 Å². The number of hydrogen-bond donors (Lipinski definition) is 3. The molecule has 4 atom stereocenters. The predicted molar refractivity (Wildman–Crippen MR) is 221 cm³/mol. The van der Waals surface area contributed by atoms with Gasteiger partial charge in [0, 0.05) is 17.7 Å². The number of benzene rings is 4. The molecule has 8 nitrogen and oxygen atoms in total. The molecule has 2 fully saturated rings. The molecule has 7 rings (SSSR count). The lowest BCUT2D eigenvalue weighted by Gasteiger charge is -2.45. The Morgan fingerprint density at radius 3 is 1.89 bits per heavy atom. The number of aryl methyl sites for hydroxylation is 1. The SMILES string of the molecule is Cc1ncsc1-c1ccc([C@H](C)NC(=O)[C@@H]2C[C@@H](O)CN2C(=O)[C@@H](NC(=O)C2(F)CC2)C(C)(C)SC(c2ccccc2)(c2ccccc2)c2ccccc2)cc1. The highest BCUT2D eigenvalue weighted by Crippen LogP contribution is 2.54. The minimum atomic E-state index is -2.06. The van der Waals surface area contributed by atoms with E-state index in [1.807, 2.05) is 148 Å². The molecule has 1 aromatic heterocycles. The van der Waals surface area contributed by atoms with E-state index in [0.717, 1.165) is 38.4 Å². The van der Waals surface area contributed by atoms with Crippen LogP contribution in [-0.4, -0.2) is 67.9 Å². The molecular formula is C45H47FN4O4S2. The van der Waals surface area contributed by atoms with Gasteiger partial charge in [-0.15, -0.1) is 23.1 Å². The number of nitrogens with one attached hydrogen (secondary N) is 2. The lowest BCUT2D eigenvalue weighted by atomic mass is 9.84. The monoisotopic (exact) mass is 790 g/mol. The fourth-order valence-corrected chi connectivity index (χ4v) is 10.3. The van der Waals surface area contributed by atoms with Gasteiger partial charge in [0.15, 0.2) is 5.67 Å². The van der Waals surface area contributed by atoms with Crippen molar-refractivity contribution < 1.29 is 23.9 Å². The summed E-state index contributed by atoms with van der Waals surface area (Å²) in [6, 6.07) is 35.2. The average molecular weight is 791 g/mol. The number of aliphatic hydroxyl groups is 1.